The lowest BCUT2D eigenvalue weighted by molar-refractivity contribution is -0.143. The van der Waals surface area contributed by atoms with Gasteiger partial charge in [0.2, 0.25) is 0 Å². The highest BCUT2D eigenvalue weighted by atomic mass is 16.5. The number of esters is 1. The highest BCUT2D eigenvalue weighted by Crippen LogP contribution is 1.99. The van der Waals surface area contributed by atoms with Crippen LogP contribution < -0.4 is 0 Å². The molecule has 94 valence electrons. The van der Waals surface area contributed by atoms with E-state index in [4.69, 9.17) is 10.00 Å². The van der Waals surface area contributed by atoms with Gasteiger partial charge in [-0.25, -0.2) is 0 Å². The second-order valence-electron chi connectivity index (χ2n) is 3.52. The minimum absolute atomic E-state index is 0.266. The van der Waals surface area contributed by atoms with E-state index in [1.54, 1.807) is 19.3 Å². The standard InChI is InChI=1S/C13H15N3O2/c1-2-18-13(17)12(9-14)10-16-8-5-11-3-6-15-7-4-11/h3-4,6-7,10,12H,2,5,8H2,1H3/t12-/m0/s1. The minimum atomic E-state index is -0.914. The zero-order valence-corrected chi connectivity index (χ0v) is 10.2. The van der Waals surface area contributed by atoms with E-state index in [1.807, 2.05) is 18.2 Å². The number of pyridine rings is 1. The van der Waals surface area contributed by atoms with E-state index < -0.39 is 11.9 Å². The van der Waals surface area contributed by atoms with Gasteiger partial charge in [0.15, 0.2) is 5.92 Å². The summed E-state index contributed by atoms with van der Waals surface area (Å²) in [4.78, 5) is 19.3. The van der Waals surface area contributed by atoms with E-state index in [1.165, 1.54) is 6.21 Å². The largest absolute Gasteiger partial charge is 0.465 e. The van der Waals surface area contributed by atoms with Gasteiger partial charge in [-0.3, -0.25) is 14.8 Å². The number of hydrogen-bond acceptors (Lipinski definition) is 5. The molecule has 1 atom stereocenters. The second kappa shape index (κ2) is 7.96. The van der Waals surface area contributed by atoms with Gasteiger partial charge in [0, 0.05) is 25.2 Å². The van der Waals surface area contributed by atoms with Crippen LogP contribution in [-0.2, 0) is 16.0 Å². The van der Waals surface area contributed by atoms with E-state index in [9.17, 15) is 4.79 Å². The number of hydrogen-bond donors (Lipinski definition) is 0. The van der Waals surface area contributed by atoms with Gasteiger partial charge in [-0.05, 0) is 31.0 Å². The molecular weight excluding hydrogens is 230 g/mol. The molecule has 0 saturated carbocycles. The first-order valence-corrected chi connectivity index (χ1v) is 5.73. The van der Waals surface area contributed by atoms with E-state index in [-0.39, 0.29) is 6.61 Å². The van der Waals surface area contributed by atoms with Crippen molar-refractivity contribution in [2.24, 2.45) is 10.9 Å². The molecule has 0 aliphatic carbocycles. The van der Waals surface area contributed by atoms with E-state index in [0.717, 1.165) is 12.0 Å². The zero-order valence-electron chi connectivity index (χ0n) is 10.2. The van der Waals surface area contributed by atoms with Crippen molar-refractivity contribution < 1.29 is 9.53 Å². The summed E-state index contributed by atoms with van der Waals surface area (Å²) in [7, 11) is 0. The third-order valence-electron chi connectivity index (χ3n) is 2.21. The van der Waals surface area contributed by atoms with Gasteiger partial charge in [-0.15, -0.1) is 0 Å². The summed E-state index contributed by atoms with van der Waals surface area (Å²) in [5.74, 6) is -1.46. The molecule has 0 amide bonds. The Morgan fingerprint density at radius 3 is 2.94 bits per heavy atom. The van der Waals surface area contributed by atoms with E-state index in [2.05, 4.69) is 9.98 Å². The Bertz CT molecular complexity index is 437. The van der Waals surface area contributed by atoms with Gasteiger partial charge in [0.05, 0.1) is 12.7 Å². The molecule has 0 spiro atoms. The van der Waals surface area contributed by atoms with Crippen LogP contribution in [0.2, 0.25) is 0 Å². The van der Waals surface area contributed by atoms with Gasteiger partial charge in [0.25, 0.3) is 0 Å². The molecule has 0 unspecified atom stereocenters. The molecule has 5 nitrogen and oxygen atoms in total. The Hall–Kier alpha value is -2.22. The molecule has 1 aromatic rings. The molecule has 0 aliphatic heterocycles. The molecule has 0 N–H and O–H groups in total. The van der Waals surface area contributed by atoms with Crippen LogP contribution in [0.15, 0.2) is 29.5 Å². The SMILES string of the molecule is CCOC(=O)[C@@H](C#N)C=NCCc1ccncc1. The number of ether oxygens (including phenoxy) is 1. The molecule has 5 heteroatoms. The fraction of sp³-hybridized carbons (Fsp3) is 0.385. The fourth-order valence-electron chi connectivity index (χ4n) is 1.30. The summed E-state index contributed by atoms with van der Waals surface area (Å²) in [5, 5.41) is 8.79. The van der Waals surface area contributed by atoms with Crippen LogP contribution >= 0.6 is 0 Å². The predicted molar refractivity (Wildman–Crippen MR) is 67.0 cm³/mol. The van der Waals surface area contributed by atoms with Gasteiger partial charge in [-0.2, -0.15) is 5.26 Å². The van der Waals surface area contributed by atoms with Gasteiger partial charge in [0.1, 0.15) is 0 Å². The van der Waals surface area contributed by atoms with Crippen LogP contribution in [0.25, 0.3) is 0 Å². The first kappa shape index (κ1) is 13.8. The van der Waals surface area contributed by atoms with Crippen molar-refractivity contribution in [3.8, 4) is 6.07 Å². The highest BCUT2D eigenvalue weighted by molar-refractivity contribution is 5.92. The number of carbonyl (C=O) groups is 1. The number of nitriles is 1. The lowest BCUT2D eigenvalue weighted by Gasteiger charge is -2.02. The van der Waals surface area contributed by atoms with Crippen LogP contribution in [0.4, 0.5) is 0 Å². The van der Waals surface area contributed by atoms with Crippen molar-refractivity contribution in [3.63, 3.8) is 0 Å². The van der Waals surface area contributed by atoms with Gasteiger partial charge < -0.3 is 4.74 Å². The molecule has 1 rings (SSSR count). The summed E-state index contributed by atoms with van der Waals surface area (Å²) in [6.45, 7) is 2.50. The Labute approximate surface area is 106 Å². The molecule has 1 heterocycles. The summed E-state index contributed by atoms with van der Waals surface area (Å²) in [6.07, 6.45) is 5.53. The number of aromatic nitrogens is 1. The van der Waals surface area contributed by atoms with Crippen LogP contribution in [-0.4, -0.2) is 30.3 Å². The normalized spacial score (nSPS) is 12.0. The molecule has 0 radical (unpaired) electrons. The first-order chi connectivity index (χ1) is 8.77. The summed E-state index contributed by atoms with van der Waals surface area (Å²) in [6, 6.07) is 5.66. The van der Waals surface area contributed by atoms with Crippen molar-refractivity contribution in [1.29, 1.82) is 5.26 Å². The molecular formula is C13H15N3O2. The number of nitrogens with zero attached hydrogens (tertiary/aromatic N) is 3. The third-order valence-corrected chi connectivity index (χ3v) is 2.21. The molecule has 0 fully saturated rings. The lowest BCUT2D eigenvalue weighted by atomic mass is 10.2. The molecule has 1 aromatic heterocycles. The number of rotatable bonds is 6. The average Bonchev–Trinajstić information content (AvgIpc) is 2.40. The smallest absolute Gasteiger partial charge is 0.328 e. The fourth-order valence-corrected chi connectivity index (χ4v) is 1.30. The van der Waals surface area contributed by atoms with Crippen LogP contribution in [0.3, 0.4) is 0 Å². The van der Waals surface area contributed by atoms with Crippen molar-refractivity contribution in [1.82, 2.24) is 4.98 Å². The molecule has 0 saturated heterocycles. The molecule has 0 aliphatic rings. The van der Waals surface area contributed by atoms with Crippen molar-refractivity contribution >= 4 is 12.2 Å². The predicted octanol–water partition coefficient (Wildman–Crippen LogP) is 1.40. The Balaban J connectivity index is 2.40. The Morgan fingerprint density at radius 2 is 2.33 bits per heavy atom. The lowest BCUT2D eigenvalue weighted by Crippen LogP contribution is -2.17. The maximum atomic E-state index is 11.3. The number of carbonyl (C=O) groups excluding carboxylic acids is 1. The molecule has 0 bridgehead atoms. The first-order valence-electron chi connectivity index (χ1n) is 5.73. The molecule has 0 aromatic carbocycles. The number of aliphatic imine (C=N–C) groups is 1. The molecule has 18 heavy (non-hydrogen) atoms. The highest BCUT2D eigenvalue weighted by Gasteiger charge is 2.15. The maximum Gasteiger partial charge on any atom is 0.328 e. The summed E-state index contributed by atoms with van der Waals surface area (Å²) in [5.41, 5.74) is 1.12. The minimum Gasteiger partial charge on any atom is -0.465 e. The van der Waals surface area contributed by atoms with Gasteiger partial charge in [-0.1, -0.05) is 0 Å². The zero-order chi connectivity index (χ0) is 13.2. The van der Waals surface area contributed by atoms with Crippen molar-refractivity contribution in [2.45, 2.75) is 13.3 Å². The maximum absolute atomic E-state index is 11.3. The monoisotopic (exact) mass is 245 g/mol. The topological polar surface area (TPSA) is 75.3 Å². The van der Waals surface area contributed by atoms with Crippen LogP contribution in [0, 0.1) is 17.2 Å². The summed E-state index contributed by atoms with van der Waals surface area (Å²) >= 11 is 0. The third kappa shape index (κ3) is 4.74. The van der Waals surface area contributed by atoms with Crippen molar-refractivity contribution in [2.75, 3.05) is 13.2 Å². The van der Waals surface area contributed by atoms with E-state index in [0.29, 0.717) is 6.54 Å². The Kier molecular flexibility index (Phi) is 6.12. The van der Waals surface area contributed by atoms with E-state index >= 15 is 0 Å². The van der Waals surface area contributed by atoms with Crippen LogP contribution in [0.1, 0.15) is 12.5 Å². The van der Waals surface area contributed by atoms with Gasteiger partial charge >= 0.3 is 5.97 Å². The van der Waals surface area contributed by atoms with Crippen molar-refractivity contribution in [3.05, 3.63) is 30.1 Å². The quantitative estimate of drug-likeness (QED) is 0.560. The van der Waals surface area contributed by atoms with Crippen LogP contribution in [0.5, 0.6) is 0 Å². The Morgan fingerprint density at radius 1 is 1.61 bits per heavy atom. The second-order valence-corrected chi connectivity index (χ2v) is 3.52. The average molecular weight is 245 g/mol. The summed E-state index contributed by atoms with van der Waals surface area (Å²) < 4.78 is 4.75.